The van der Waals surface area contributed by atoms with E-state index >= 15 is 0 Å². The summed E-state index contributed by atoms with van der Waals surface area (Å²) in [5.41, 5.74) is 1.38. The zero-order chi connectivity index (χ0) is 14.7. The summed E-state index contributed by atoms with van der Waals surface area (Å²) in [6.45, 7) is 11.5. The van der Waals surface area contributed by atoms with Gasteiger partial charge in [0.1, 0.15) is 0 Å². The van der Waals surface area contributed by atoms with Crippen molar-refractivity contribution in [3.63, 3.8) is 0 Å². The first kappa shape index (κ1) is 15.7. The van der Waals surface area contributed by atoms with Gasteiger partial charge >= 0.3 is 0 Å². The summed E-state index contributed by atoms with van der Waals surface area (Å²) < 4.78 is 0. The summed E-state index contributed by atoms with van der Waals surface area (Å²) in [7, 11) is 0. The lowest BCUT2D eigenvalue weighted by atomic mass is 9.93. The van der Waals surface area contributed by atoms with E-state index in [0.717, 1.165) is 13.1 Å². The second-order valence-corrected chi connectivity index (χ2v) is 7.30. The molecular formula is C17H28N2S. The molecule has 0 radical (unpaired) electrons. The lowest BCUT2D eigenvalue weighted by Gasteiger charge is -2.45. The molecule has 2 unspecified atom stereocenters. The van der Waals surface area contributed by atoms with Crippen molar-refractivity contribution >= 4 is 17.4 Å². The molecule has 2 atom stereocenters. The van der Waals surface area contributed by atoms with Gasteiger partial charge in [-0.1, -0.05) is 33.8 Å². The van der Waals surface area contributed by atoms with E-state index in [9.17, 15) is 0 Å². The van der Waals surface area contributed by atoms with Crippen LogP contribution < -0.4 is 10.2 Å². The highest BCUT2D eigenvalue weighted by molar-refractivity contribution is 7.98. The van der Waals surface area contributed by atoms with Crippen LogP contribution in [0.2, 0.25) is 0 Å². The standard InChI is InChI=1S/C17H28N2S/c1-12(2)16-11-19(17(10-18-16)13(3)4)14-7-6-8-15(9-14)20-5/h6-9,12-13,16-18H,10-11H2,1-5H3. The third-order valence-corrected chi connectivity index (χ3v) is 5.07. The Balaban J connectivity index is 2.26. The Morgan fingerprint density at radius 3 is 2.55 bits per heavy atom. The molecule has 2 rings (SSSR count). The Hall–Kier alpha value is -0.670. The third kappa shape index (κ3) is 3.50. The maximum absolute atomic E-state index is 3.73. The molecular weight excluding hydrogens is 264 g/mol. The molecule has 2 nitrogen and oxygen atoms in total. The molecule has 20 heavy (non-hydrogen) atoms. The van der Waals surface area contributed by atoms with Crippen LogP contribution in [0.1, 0.15) is 27.7 Å². The van der Waals surface area contributed by atoms with Gasteiger partial charge in [0, 0.05) is 35.8 Å². The molecule has 1 aliphatic heterocycles. The Morgan fingerprint density at radius 1 is 1.20 bits per heavy atom. The van der Waals surface area contributed by atoms with Crippen LogP contribution in [0.5, 0.6) is 0 Å². The molecule has 0 spiro atoms. The SMILES string of the molecule is CSc1cccc(N2CC(C(C)C)NCC2C(C)C)c1. The summed E-state index contributed by atoms with van der Waals surface area (Å²) in [5.74, 6) is 1.34. The number of nitrogens with zero attached hydrogens (tertiary/aromatic N) is 1. The average Bonchev–Trinajstić information content (AvgIpc) is 2.46. The fourth-order valence-corrected chi connectivity index (χ4v) is 3.38. The second kappa shape index (κ2) is 6.86. The molecule has 1 N–H and O–H groups in total. The predicted molar refractivity (Wildman–Crippen MR) is 90.8 cm³/mol. The van der Waals surface area contributed by atoms with Gasteiger partial charge in [-0.15, -0.1) is 11.8 Å². The number of anilines is 1. The number of thioether (sulfide) groups is 1. The highest BCUT2D eigenvalue weighted by Crippen LogP contribution is 2.28. The van der Waals surface area contributed by atoms with Gasteiger partial charge in [-0.2, -0.15) is 0 Å². The van der Waals surface area contributed by atoms with Crippen LogP contribution in [0, 0.1) is 11.8 Å². The molecule has 1 aromatic rings. The molecule has 0 bridgehead atoms. The molecule has 3 heteroatoms. The van der Waals surface area contributed by atoms with E-state index in [1.165, 1.54) is 10.6 Å². The lowest BCUT2D eigenvalue weighted by molar-refractivity contribution is 0.295. The maximum atomic E-state index is 3.73. The first-order valence-corrected chi connectivity index (χ1v) is 8.89. The van der Waals surface area contributed by atoms with Crippen molar-refractivity contribution in [2.45, 2.75) is 44.7 Å². The molecule has 1 saturated heterocycles. The number of hydrogen-bond acceptors (Lipinski definition) is 3. The monoisotopic (exact) mass is 292 g/mol. The van der Waals surface area contributed by atoms with E-state index in [2.05, 4.69) is 68.4 Å². The van der Waals surface area contributed by atoms with Crippen LogP contribution in [0.15, 0.2) is 29.2 Å². The van der Waals surface area contributed by atoms with E-state index in [1.807, 2.05) is 11.8 Å². The van der Waals surface area contributed by atoms with Crippen LogP contribution in [0.4, 0.5) is 5.69 Å². The second-order valence-electron chi connectivity index (χ2n) is 6.42. The fourth-order valence-electron chi connectivity index (χ4n) is 2.92. The first-order valence-electron chi connectivity index (χ1n) is 7.67. The summed E-state index contributed by atoms with van der Waals surface area (Å²) in [6, 6.07) is 10.1. The number of benzene rings is 1. The smallest absolute Gasteiger partial charge is 0.0438 e. The average molecular weight is 292 g/mol. The Labute approximate surface area is 128 Å². The minimum atomic E-state index is 0.585. The van der Waals surface area contributed by atoms with Gasteiger partial charge < -0.3 is 10.2 Å². The molecule has 1 heterocycles. The molecule has 112 valence electrons. The zero-order valence-electron chi connectivity index (χ0n) is 13.4. The lowest BCUT2D eigenvalue weighted by Crippen LogP contribution is -2.60. The van der Waals surface area contributed by atoms with Crippen molar-refractivity contribution < 1.29 is 0 Å². The summed E-state index contributed by atoms with van der Waals surface area (Å²) >= 11 is 1.82. The van der Waals surface area contributed by atoms with E-state index in [4.69, 9.17) is 0 Å². The number of nitrogens with one attached hydrogen (secondary N) is 1. The molecule has 1 aliphatic rings. The molecule has 0 aromatic heterocycles. The highest BCUT2D eigenvalue weighted by Gasteiger charge is 2.31. The summed E-state index contributed by atoms with van der Waals surface area (Å²) in [4.78, 5) is 3.97. The van der Waals surface area contributed by atoms with Crippen molar-refractivity contribution in [1.82, 2.24) is 5.32 Å². The third-order valence-electron chi connectivity index (χ3n) is 4.34. The Bertz CT molecular complexity index is 431. The molecule has 0 saturated carbocycles. The topological polar surface area (TPSA) is 15.3 Å². The van der Waals surface area contributed by atoms with Gasteiger partial charge in [-0.3, -0.25) is 0 Å². The zero-order valence-corrected chi connectivity index (χ0v) is 14.2. The highest BCUT2D eigenvalue weighted by atomic mass is 32.2. The Morgan fingerprint density at radius 2 is 1.95 bits per heavy atom. The summed E-state index contributed by atoms with van der Waals surface area (Å²) in [6.07, 6.45) is 2.15. The van der Waals surface area contributed by atoms with Gasteiger partial charge in [0.25, 0.3) is 0 Å². The minimum absolute atomic E-state index is 0.585. The number of hydrogen-bond donors (Lipinski definition) is 1. The van der Waals surface area contributed by atoms with Crippen molar-refractivity contribution in [3.05, 3.63) is 24.3 Å². The van der Waals surface area contributed by atoms with Crippen molar-refractivity contribution in [2.75, 3.05) is 24.2 Å². The molecule has 0 aliphatic carbocycles. The van der Waals surface area contributed by atoms with Gasteiger partial charge in [-0.25, -0.2) is 0 Å². The van der Waals surface area contributed by atoms with E-state index < -0.39 is 0 Å². The van der Waals surface area contributed by atoms with Gasteiger partial charge in [0.2, 0.25) is 0 Å². The number of rotatable bonds is 4. The van der Waals surface area contributed by atoms with Crippen molar-refractivity contribution in [1.29, 1.82) is 0 Å². The van der Waals surface area contributed by atoms with Crippen LogP contribution in [0.3, 0.4) is 0 Å². The van der Waals surface area contributed by atoms with Crippen LogP contribution in [0.25, 0.3) is 0 Å². The van der Waals surface area contributed by atoms with E-state index in [-0.39, 0.29) is 0 Å². The maximum Gasteiger partial charge on any atom is 0.0438 e. The van der Waals surface area contributed by atoms with Crippen LogP contribution in [-0.2, 0) is 0 Å². The van der Waals surface area contributed by atoms with Gasteiger partial charge in [0.15, 0.2) is 0 Å². The summed E-state index contributed by atoms with van der Waals surface area (Å²) in [5, 5.41) is 3.73. The Kier molecular flexibility index (Phi) is 5.39. The van der Waals surface area contributed by atoms with E-state index in [0.29, 0.717) is 23.9 Å². The van der Waals surface area contributed by atoms with Gasteiger partial charge in [0.05, 0.1) is 0 Å². The molecule has 1 aromatic carbocycles. The largest absolute Gasteiger partial charge is 0.365 e. The molecule has 0 amide bonds. The van der Waals surface area contributed by atoms with Crippen molar-refractivity contribution in [3.8, 4) is 0 Å². The van der Waals surface area contributed by atoms with Crippen molar-refractivity contribution in [2.24, 2.45) is 11.8 Å². The minimum Gasteiger partial charge on any atom is -0.365 e. The first-order chi connectivity index (χ1) is 9.52. The quantitative estimate of drug-likeness (QED) is 0.848. The molecule has 1 fully saturated rings. The van der Waals surface area contributed by atoms with Crippen LogP contribution >= 0.6 is 11.8 Å². The normalized spacial score (nSPS) is 23.6. The number of piperazine rings is 1. The fraction of sp³-hybridized carbons (Fsp3) is 0.647. The van der Waals surface area contributed by atoms with Crippen LogP contribution in [-0.4, -0.2) is 31.4 Å². The predicted octanol–water partition coefficient (Wildman–Crippen LogP) is 3.87. The van der Waals surface area contributed by atoms with E-state index in [1.54, 1.807) is 0 Å². The van der Waals surface area contributed by atoms with Gasteiger partial charge in [-0.05, 0) is 36.3 Å².